The summed E-state index contributed by atoms with van der Waals surface area (Å²) in [4.78, 5) is 25.3. The molecule has 2 amide bonds. The predicted octanol–water partition coefficient (Wildman–Crippen LogP) is 4.44. The number of carbonyl (C=O) groups excluding carboxylic acids is 2. The molecule has 2 rings (SSSR count). The highest BCUT2D eigenvalue weighted by molar-refractivity contribution is 5.86. The third-order valence-corrected chi connectivity index (χ3v) is 4.17. The normalized spacial score (nSPS) is 12.5. The average molecular weight is 383 g/mol. The van der Waals surface area contributed by atoms with Crippen molar-refractivity contribution in [2.24, 2.45) is 5.92 Å². The largest absolute Gasteiger partial charge is 0.444 e. The molecule has 5 nitrogen and oxygen atoms in total. The van der Waals surface area contributed by atoms with E-state index in [9.17, 15) is 9.59 Å². The Morgan fingerprint density at radius 1 is 0.821 bits per heavy atom. The molecule has 0 fully saturated rings. The second-order valence-corrected chi connectivity index (χ2v) is 8.13. The summed E-state index contributed by atoms with van der Waals surface area (Å²) in [6.45, 7) is 9.15. The number of amides is 2. The predicted molar refractivity (Wildman–Crippen MR) is 111 cm³/mol. The Balaban J connectivity index is 2.21. The molecule has 0 radical (unpaired) electrons. The van der Waals surface area contributed by atoms with Gasteiger partial charge in [0.2, 0.25) is 5.91 Å². The van der Waals surface area contributed by atoms with Crippen molar-refractivity contribution in [3.05, 3.63) is 71.8 Å². The molecule has 0 saturated carbocycles. The van der Waals surface area contributed by atoms with Crippen LogP contribution in [0.4, 0.5) is 4.79 Å². The van der Waals surface area contributed by atoms with Gasteiger partial charge >= 0.3 is 6.09 Å². The number of hydrogen-bond donors (Lipinski definition) is 2. The first-order valence-electron chi connectivity index (χ1n) is 9.57. The van der Waals surface area contributed by atoms with Crippen molar-refractivity contribution in [1.29, 1.82) is 0 Å². The molecule has 0 heterocycles. The first kappa shape index (κ1) is 21.5. The molecule has 5 heteroatoms. The SMILES string of the molecule is CC(C)[C@H](NC(=O)OC(C)(C)C)C(=O)NC(c1ccccc1)c1ccccc1. The highest BCUT2D eigenvalue weighted by Gasteiger charge is 2.29. The van der Waals surface area contributed by atoms with E-state index in [-0.39, 0.29) is 17.9 Å². The summed E-state index contributed by atoms with van der Waals surface area (Å²) in [5, 5.41) is 5.80. The molecule has 2 aromatic carbocycles. The lowest BCUT2D eigenvalue weighted by Crippen LogP contribution is -2.51. The third kappa shape index (κ3) is 6.41. The number of nitrogens with one attached hydrogen (secondary N) is 2. The highest BCUT2D eigenvalue weighted by atomic mass is 16.6. The van der Waals surface area contributed by atoms with E-state index in [2.05, 4.69) is 10.6 Å². The van der Waals surface area contributed by atoms with E-state index < -0.39 is 17.7 Å². The maximum absolute atomic E-state index is 13.1. The van der Waals surface area contributed by atoms with Crippen molar-refractivity contribution >= 4 is 12.0 Å². The van der Waals surface area contributed by atoms with E-state index in [1.54, 1.807) is 20.8 Å². The second kappa shape index (κ2) is 9.40. The summed E-state index contributed by atoms with van der Waals surface area (Å²) in [6.07, 6.45) is -0.600. The number of carbonyl (C=O) groups is 2. The summed E-state index contributed by atoms with van der Waals surface area (Å²) in [6, 6.07) is 18.5. The van der Waals surface area contributed by atoms with E-state index in [1.165, 1.54) is 0 Å². The molecule has 150 valence electrons. The molecule has 0 bridgehead atoms. The van der Waals surface area contributed by atoms with Gasteiger partial charge in [-0.05, 0) is 37.8 Å². The average Bonchev–Trinajstić information content (AvgIpc) is 2.63. The molecule has 0 aromatic heterocycles. The number of ether oxygens (including phenoxy) is 1. The molecule has 0 saturated heterocycles. The molecule has 28 heavy (non-hydrogen) atoms. The van der Waals surface area contributed by atoms with Gasteiger partial charge in [-0.25, -0.2) is 4.79 Å². The Labute approximate surface area is 167 Å². The summed E-state index contributed by atoms with van der Waals surface area (Å²) < 4.78 is 5.31. The molecular formula is C23H30N2O3. The van der Waals surface area contributed by atoms with E-state index >= 15 is 0 Å². The van der Waals surface area contributed by atoms with E-state index in [4.69, 9.17) is 4.74 Å². The highest BCUT2D eigenvalue weighted by Crippen LogP contribution is 2.22. The lowest BCUT2D eigenvalue weighted by atomic mass is 9.97. The quantitative estimate of drug-likeness (QED) is 0.776. The molecule has 0 aliphatic carbocycles. The Kier molecular flexibility index (Phi) is 7.21. The van der Waals surface area contributed by atoms with Crippen LogP contribution in [0.1, 0.15) is 51.8 Å². The topological polar surface area (TPSA) is 67.4 Å². The summed E-state index contributed by atoms with van der Waals surface area (Å²) >= 11 is 0. The standard InChI is InChI=1S/C23H30N2O3/c1-16(2)19(25-22(27)28-23(3,4)5)21(26)24-20(17-12-8-6-9-13-17)18-14-10-7-11-15-18/h6-16,19-20H,1-5H3,(H,24,26)(H,25,27)/t19-/m0/s1. The lowest BCUT2D eigenvalue weighted by molar-refractivity contribution is -0.124. The van der Waals surface area contributed by atoms with Gasteiger partial charge in [-0.1, -0.05) is 74.5 Å². The van der Waals surface area contributed by atoms with Crippen molar-refractivity contribution in [3.63, 3.8) is 0 Å². The zero-order chi connectivity index (χ0) is 20.7. The van der Waals surface area contributed by atoms with Crippen LogP contribution in [0.2, 0.25) is 0 Å². The Hall–Kier alpha value is -2.82. The molecular weight excluding hydrogens is 352 g/mol. The van der Waals surface area contributed by atoms with Crippen LogP contribution >= 0.6 is 0 Å². The van der Waals surface area contributed by atoms with Gasteiger partial charge in [0.25, 0.3) is 0 Å². The van der Waals surface area contributed by atoms with Crippen LogP contribution in [0.25, 0.3) is 0 Å². The molecule has 0 aliphatic rings. The Bertz CT molecular complexity index is 728. The number of hydrogen-bond acceptors (Lipinski definition) is 3. The van der Waals surface area contributed by atoms with Crippen LogP contribution in [-0.4, -0.2) is 23.6 Å². The van der Waals surface area contributed by atoms with Crippen LogP contribution in [-0.2, 0) is 9.53 Å². The fraction of sp³-hybridized carbons (Fsp3) is 0.391. The third-order valence-electron chi connectivity index (χ3n) is 4.17. The van der Waals surface area contributed by atoms with Crippen LogP contribution in [0.5, 0.6) is 0 Å². The fourth-order valence-corrected chi connectivity index (χ4v) is 2.85. The van der Waals surface area contributed by atoms with Crippen molar-refractivity contribution < 1.29 is 14.3 Å². The maximum Gasteiger partial charge on any atom is 0.408 e. The van der Waals surface area contributed by atoms with Gasteiger partial charge in [0.15, 0.2) is 0 Å². The van der Waals surface area contributed by atoms with Crippen molar-refractivity contribution in [2.75, 3.05) is 0 Å². The Morgan fingerprint density at radius 2 is 1.29 bits per heavy atom. The molecule has 0 aliphatic heterocycles. The fourth-order valence-electron chi connectivity index (χ4n) is 2.85. The lowest BCUT2D eigenvalue weighted by Gasteiger charge is -2.27. The zero-order valence-electron chi connectivity index (χ0n) is 17.2. The first-order chi connectivity index (χ1) is 13.2. The minimum absolute atomic E-state index is 0.0975. The minimum Gasteiger partial charge on any atom is -0.444 e. The van der Waals surface area contributed by atoms with Crippen LogP contribution in [0.3, 0.4) is 0 Å². The number of benzene rings is 2. The van der Waals surface area contributed by atoms with Crippen molar-refractivity contribution in [3.8, 4) is 0 Å². The van der Waals surface area contributed by atoms with Gasteiger partial charge in [0.05, 0.1) is 6.04 Å². The van der Waals surface area contributed by atoms with Gasteiger partial charge in [0, 0.05) is 0 Å². The van der Waals surface area contributed by atoms with Gasteiger partial charge in [-0.3, -0.25) is 4.79 Å². The summed E-state index contributed by atoms with van der Waals surface area (Å²) in [7, 11) is 0. The first-order valence-corrected chi connectivity index (χ1v) is 9.57. The van der Waals surface area contributed by atoms with E-state index in [1.807, 2.05) is 74.5 Å². The van der Waals surface area contributed by atoms with Gasteiger partial charge < -0.3 is 15.4 Å². The Morgan fingerprint density at radius 3 is 1.68 bits per heavy atom. The van der Waals surface area contributed by atoms with Crippen LogP contribution in [0, 0.1) is 5.92 Å². The molecule has 0 unspecified atom stereocenters. The van der Waals surface area contributed by atoms with Gasteiger partial charge in [0.1, 0.15) is 11.6 Å². The summed E-state index contributed by atoms with van der Waals surface area (Å²) in [5.41, 5.74) is 1.32. The van der Waals surface area contributed by atoms with Crippen LogP contribution in [0.15, 0.2) is 60.7 Å². The number of rotatable bonds is 6. The molecule has 2 aromatic rings. The summed E-state index contributed by atoms with van der Waals surface area (Å²) in [5.74, 6) is -0.349. The smallest absolute Gasteiger partial charge is 0.408 e. The minimum atomic E-state index is -0.704. The van der Waals surface area contributed by atoms with Crippen molar-refractivity contribution in [1.82, 2.24) is 10.6 Å². The van der Waals surface area contributed by atoms with Crippen LogP contribution < -0.4 is 10.6 Å². The number of alkyl carbamates (subject to hydrolysis) is 1. The van der Waals surface area contributed by atoms with E-state index in [0.29, 0.717) is 0 Å². The molecule has 1 atom stereocenters. The molecule has 2 N–H and O–H groups in total. The monoisotopic (exact) mass is 382 g/mol. The zero-order valence-corrected chi connectivity index (χ0v) is 17.2. The maximum atomic E-state index is 13.1. The second-order valence-electron chi connectivity index (χ2n) is 8.13. The molecule has 0 spiro atoms. The van der Waals surface area contributed by atoms with Crippen molar-refractivity contribution in [2.45, 2.75) is 52.3 Å². The van der Waals surface area contributed by atoms with Gasteiger partial charge in [-0.15, -0.1) is 0 Å². The van der Waals surface area contributed by atoms with Gasteiger partial charge in [-0.2, -0.15) is 0 Å². The van der Waals surface area contributed by atoms with E-state index in [0.717, 1.165) is 11.1 Å².